The molecule has 7 heteroatoms. The Bertz CT molecular complexity index is 1010. The molecule has 0 aromatic heterocycles. The standard InChI is InChI=1S/C22H24Cl2N2.C7H15NO2/c1-21(2,3)12-20-22(14-25,16-7-9-17(23)10-8-16)19(13-26-20)15-5-4-6-18(24)11-15;1-6(2)3-7(4-9)8-5-10/h4-11,19-20,26H,12-13H2,1-3H3;5-7,9H,3-4H2,1-2H3,(H,8,10)/t19?,20-,22+;7-/m01/s1. The second kappa shape index (κ2) is 13.4. The summed E-state index contributed by atoms with van der Waals surface area (Å²) in [7, 11) is 0. The van der Waals surface area contributed by atoms with Crippen LogP contribution in [0.2, 0.25) is 10.0 Å². The number of rotatable bonds is 8. The van der Waals surface area contributed by atoms with Gasteiger partial charge in [-0.2, -0.15) is 5.26 Å². The molecule has 4 atom stereocenters. The average molecular weight is 533 g/mol. The summed E-state index contributed by atoms with van der Waals surface area (Å²) in [6, 6.07) is 18.3. The van der Waals surface area contributed by atoms with Crippen molar-refractivity contribution in [2.75, 3.05) is 13.2 Å². The highest BCUT2D eigenvalue weighted by Crippen LogP contribution is 2.48. The zero-order valence-electron chi connectivity index (χ0n) is 21.9. The van der Waals surface area contributed by atoms with Crippen molar-refractivity contribution < 1.29 is 9.90 Å². The number of aliphatic hydroxyl groups excluding tert-OH is 1. The number of amides is 1. The lowest BCUT2D eigenvalue weighted by molar-refractivity contribution is -0.110. The van der Waals surface area contributed by atoms with Gasteiger partial charge in [0, 0.05) is 28.5 Å². The summed E-state index contributed by atoms with van der Waals surface area (Å²) in [5, 5.41) is 26.7. The maximum atomic E-state index is 10.5. The molecule has 0 spiro atoms. The van der Waals surface area contributed by atoms with Gasteiger partial charge in [0.2, 0.25) is 6.41 Å². The van der Waals surface area contributed by atoms with Crippen molar-refractivity contribution in [3.05, 3.63) is 69.7 Å². The second-order valence-electron chi connectivity index (χ2n) is 11.1. The summed E-state index contributed by atoms with van der Waals surface area (Å²) in [6.07, 6.45) is 2.36. The van der Waals surface area contributed by atoms with Gasteiger partial charge in [0.25, 0.3) is 0 Å². The van der Waals surface area contributed by atoms with Crippen LogP contribution >= 0.6 is 23.2 Å². The first kappa shape index (κ1) is 30.1. The number of carbonyl (C=O) groups excluding carboxylic acids is 1. The van der Waals surface area contributed by atoms with E-state index in [4.69, 9.17) is 28.3 Å². The average Bonchev–Trinajstić information content (AvgIpc) is 3.16. The molecular formula is C29H39Cl2N3O2. The molecule has 3 rings (SSSR count). The van der Waals surface area contributed by atoms with Crippen molar-refractivity contribution in [2.24, 2.45) is 11.3 Å². The molecule has 0 saturated carbocycles. The summed E-state index contributed by atoms with van der Waals surface area (Å²) in [5.41, 5.74) is 1.55. The molecule has 1 fully saturated rings. The number of benzene rings is 2. The number of hydrogen-bond acceptors (Lipinski definition) is 4. The molecule has 1 aliphatic heterocycles. The minimum atomic E-state index is -0.664. The summed E-state index contributed by atoms with van der Waals surface area (Å²) in [6.45, 7) is 11.5. The fraction of sp³-hybridized carbons (Fsp3) is 0.517. The maximum absolute atomic E-state index is 10.5. The Morgan fingerprint density at radius 1 is 1.19 bits per heavy atom. The zero-order chi connectivity index (χ0) is 26.9. The van der Waals surface area contributed by atoms with Gasteiger partial charge < -0.3 is 15.7 Å². The fourth-order valence-corrected chi connectivity index (χ4v) is 5.31. The van der Waals surface area contributed by atoms with Gasteiger partial charge in [0.05, 0.1) is 18.7 Å². The minimum absolute atomic E-state index is 0.0247. The van der Waals surface area contributed by atoms with Crippen molar-refractivity contribution in [3.63, 3.8) is 0 Å². The molecule has 1 aliphatic rings. The molecule has 196 valence electrons. The van der Waals surface area contributed by atoms with E-state index >= 15 is 0 Å². The largest absolute Gasteiger partial charge is 0.394 e. The number of hydrogen-bond donors (Lipinski definition) is 3. The Labute approximate surface area is 226 Å². The van der Waals surface area contributed by atoms with Crippen LogP contribution < -0.4 is 10.6 Å². The van der Waals surface area contributed by atoms with Crippen LogP contribution in [0.5, 0.6) is 0 Å². The van der Waals surface area contributed by atoms with E-state index in [9.17, 15) is 10.1 Å². The third kappa shape index (κ3) is 7.95. The van der Waals surface area contributed by atoms with Gasteiger partial charge in [-0.1, -0.05) is 82.1 Å². The topological polar surface area (TPSA) is 85.2 Å². The zero-order valence-corrected chi connectivity index (χ0v) is 23.4. The van der Waals surface area contributed by atoms with Crippen molar-refractivity contribution in [1.82, 2.24) is 10.6 Å². The van der Waals surface area contributed by atoms with Crippen LogP contribution in [0.1, 0.15) is 64.5 Å². The lowest BCUT2D eigenvalue weighted by atomic mass is 9.64. The highest BCUT2D eigenvalue weighted by atomic mass is 35.5. The third-order valence-corrected chi connectivity index (χ3v) is 7.01. The van der Waals surface area contributed by atoms with E-state index in [-0.39, 0.29) is 30.0 Å². The summed E-state index contributed by atoms with van der Waals surface area (Å²) in [4.78, 5) is 9.93. The van der Waals surface area contributed by atoms with Crippen molar-refractivity contribution in [3.8, 4) is 6.07 Å². The van der Waals surface area contributed by atoms with Crippen LogP contribution in [0.4, 0.5) is 0 Å². The number of nitrogens with zero attached hydrogens (tertiary/aromatic N) is 1. The van der Waals surface area contributed by atoms with Crippen LogP contribution in [0.25, 0.3) is 0 Å². The molecule has 3 N–H and O–H groups in total. The first-order chi connectivity index (χ1) is 17.0. The van der Waals surface area contributed by atoms with Crippen LogP contribution in [0, 0.1) is 22.7 Å². The predicted octanol–water partition coefficient (Wildman–Crippen LogP) is 6.09. The van der Waals surface area contributed by atoms with E-state index in [0.29, 0.717) is 22.4 Å². The fourth-order valence-electron chi connectivity index (χ4n) is 4.98. The SMILES string of the molecule is CC(C)(C)C[C@@H]1NCC(c2cccc(Cl)c2)[C@@]1(C#N)c1ccc(Cl)cc1.CC(C)C[C@H](CO)NC=O. The number of nitriles is 1. The highest BCUT2D eigenvalue weighted by molar-refractivity contribution is 6.30. The van der Waals surface area contributed by atoms with E-state index in [1.165, 1.54) is 0 Å². The molecule has 1 unspecified atom stereocenters. The monoisotopic (exact) mass is 531 g/mol. The molecule has 2 aromatic rings. The number of carbonyl (C=O) groups is 1. The van der Waals surface area contributed by atoms with Crippen molar-refractivity contribution in [1.29, 1.82) is 5.26 Å². The summed E-state index contributed by atoms with van der Waals surface area (Å²) in [5.74, 6) is 0.532. The number of halogens is 2. The Hall–Kier alpha value is -2.10. The summed E-state index contributed by atoms with van der Waals surface area (Å²) >= 11 is 12.4. The van der Waals surface area contributed by atoms with Crippen LogP contribution in [-0.4, -0.2) is 36.8 Å². The molecule has 0 bridgehead atoms. The lowest BCUT2D eigenvalue weighted by Crippen LogP contribution is -2.44. The third-order valence-electron chi connectivity index (χ3n) is 6.52. The normalized spacial score (nSPS) is 22.3. The molecular weight excluding hydrogens is 493 g/mol. The Morgan fingerprint density at radius 3 is 2.36 bits per heavy atom. The lowest BCUT2D eigenvalue weighted by Gasteiger charge is -2.37. The molecule has 1 amide bonds. The quantitative estimate of drug-likeness (QED) is 0.360. The highest BCUT2D eigenvalue weighted by Gasteiger charge is 2.53. The summed E-state index contributed by atoms with van der Waals surface area (Å²) < 4.78 is 0. The molecule has 0 radical (unpaired) electrons. The first-order valence-electron chi connectivity index (χ1n) is 12.4. The molecule has 1 saturated heterocycles. The Kier molecular flexibility index (Phi) is 11.3. The van der Waals surface area contributed by atoms with Gasteiger partial charge >= 0.3 is 0 Å². The van der Waals surface area contributed by atoms with E-state index in [0.717, 1.165) is 30.5 Å². The Balaban J connectivity index is 0.000000388. The van der Waals surface area contributed by atoms with Gasteiger partial charge in [0.1, 0.15) is 5.41 Å². The van der Waals surface area contributed by atoms with Crippen molar-refractivity contribution >= 4 is 29.6 Å². The van der Waals surface area contributed by atoms with Crippen LogP contribution in [0.15, 0.2) is 48.5 Å². The molecule has 0 aliphatic carbocycles. The maximum Gasteiger partial charge on any atom is 0.207 e. The van der Waals surface area contributed by atoms with Crippen LogP contribution in [0.3, 0.4) is 0 Å². The van der Waals surface area contributed by atoms with E-state index < -0.39 is 5.41 Å². The van der Waals surface area contributed by atoms with E-state index in [1.807, 2.05) is 42.5 Å². The van der Waals surface area contributed by atoms with Gasteiger partial charge in [0.15, 0.2) is 0 Å². The van der Waals surface area contributed by atoms with Crippen LogP contribution in [-0.2, 0) is 10.2 Å². The number of nitrogens with one attached hydrogen (secondary N) is 2. The van der Waals surface area contributed by atoms with E-state index in [2.05, 4.69) is 57.4 Å². The second-order valence-corrected chi connectivity index (χ2v) is 12.0. The molecule has 1 heterocycles. The van der Waals surface area contributed by atoms with Gasteiger partial charge in [-0.25, -0.2) is 0 Å². The van der Waals surface area contributed by atoms with Gasteiger partial charge in [-0.15, -0.1) is 0 Å². The predicted molar refractivity (Wildman–Crippen MR) is 148 cm³/mol. The first-order valence-corrected chi connectivity index (χ1v) is 13.2. The van der Waals surface area contributed by atoms with Crippen molar-refractivity contribution in [2.45, 2.75) is 70.9 Å². The molecule has 2 aromatic carbocycles. The Morgan fingerprint density at radius 2 is 1.86 bits per heavy atom. The van der Waals surface area contributed by atoms with Gasteiger partial charge in [-0.05, 0) is 59.6 Å². The van der Waals surface area contributed by atoms with E-state index in [1.54, 1.807) is 0 Å². The molecule has 5 nitrogen and oxygen atoms in total. The smallest absolute Gasteiger partial charge is 0.207 e. The number of aliphatic hydroxyl groups is 1. The molecule has 36 heavy (non-hydrogen) atoms. The minimum Gasteiger partial charge on any atom is -0.394 e. The van der Waals surface area contributed by atoms with Gasteiger partial charge in [-0.3, -0.25) is 4.79 Å².